The number of likely N-dealkylation sites (N-methyl/N-ethyl adjacent to an activating group) is 1. The number of unbranched alkanes of at least 4 members (excludes halogenated alkanes) is 1. The van der Waals surface area contributed by atoms with Crippen molar-refractivity contribution in [3.63, 3.8) is 0 Å². The maximum absolute atomic E-state index is 13.2. The monoisotopic (exact) mass is 513 g/mol. The standard InChI is InChI=1S/C25H31N5O7/c1-6-7-8-14-18(19-15(35-4)10-9-13(2)22(19)36-5)21(32)20(23(33)26-14)24-28-27-16(37-24)11-30-17(31)12-29(3)25(30)34/h10,13H,6-9,11-12H2,1-5H3,(H2,26,32,33). The maximum atomic E-state index is 13.2. The summed E-state index contributed by atoms with van der Waals surface area (Å²) in [5.41, 5.74) is 0.612. The highest BCUT2D eigenvalue weighted by atomic mass is 16.5. The molecule has 4 rings (SSSR count). The summed E-state index contributed by atoms with van der Waals surface area (Å²) >= 11 is 0. The zero-order chi connectivity index (χ0) is 26.9. The van der Waals surface area contributed by atoms with Gasteiger partial charge < -0.3 is 28.9 Å². The third-order valence-electron chi connectivity index (χ3n) is 6.54. The summed E-state index contributed by atoms with van der Waals surface area (Å²) < 4.78 is 17.0. The summed E-state index contributed by atoms with van der Waals surface area (Å²) in [6.07, 6.45) is 4.76. The van der Waals surface area contributed by atoms with Crippen LogP contribution in [0.25, 0.3) is 17.0 Å². The lowest BCUT2D eigenvalue weighted by molar-refractivity contribution is -0.125. The Balaban J connectivity index is 1.84. The van der Waals surface area contributed by atoms with Gasteiger partial charge in [-0.2, -0.15) is 0 Å². The van der Waals surface area contributed by atoms with E-state index >= 15 is 0 Å². The number of H-pyrrole nitrogens is 1. The van der Waals surface area contributed by atoms with Crippen LogP contribution in [0.15, 0.2) is 26.8 Å². The fraction of sp³-hybridized carbons (Fsp3) is 0.480. The van der Waals surface area contributed by atoms with Gasteiger partial charge in [-0.05, 0) is 25.3 Å². The number of aromatic amines is 1. The molecule has 0 spiro atoms. The molecule has 0 radical (unpaired) electrons. The van der Waals surface area contributed by atoms with Crippen molar-refractivity contribution in [3.05, 3.63) is 45.1 Å². The van der Waals surface area contributed by atoms with E-state index in [0.29, 0.717) is 41.2 Å². The Morgan fingerprint density at radius 3 is 2.57 bits per heavy atom. The summed E-state index contributed by atoms with van der Waals surface area (Å²) in [4.78, 5) is 42.6. The number of amides is 3. The van der Waals surface area contributed by atoms with E-state index in [1.165, 1.54) is 19.1 Å². The molecule has 198 valence electrons. The van der Waals surface area contributed by atoms with Gasteiger partial charge in [-0.3, -0.25) is 14.5 Å². The summed E-state index contributed by atoms with van der Waals surface area (Å²) in [6, 6.07) is -0.489. The molecule has 3 heterocycles. The van der Waals surface area contributed by atoms with Crippen LogP contribution in [0.4, 0.5) is 4.79 Å². The minimum atomic E-state index is -0.609. The molecule has 0 aromatic carbocycles. The Hall–Kier alpha value is -4.09. The minimum Gasteiger partial charge on any atom is -0.506 e. The molecule has 2 N–H and O–H groups in total. The Kier molecular flexibility index (Phi) is 7.37. The van der Waals surface area contributed by atoms with Crippen molar-refractivity contribution in [2.24, 2.45) is 5.92 Å². The van der Waals surface area contributed by atoms with E-state index in [9.17, 15) is 19.5 Å². The number of rotatable bonds is 9. The Morgan fingerprint density at radius 2 is 1.95 bits per heavy atom. The van der Waals surface area contributed by atoms with Crippen LogP contribution in [0.3, 0.4) is 0 Å². The van der Waals surface area contributed by atoms with E-state index in [0.717, 1.165) is 17.7 Å². The zero-order valence-electron chi connectivity index (χ0n) is 21.6. The molecule has 1 atom stereocenters. The molecule has 3 amide bonds. The lowest BCUT2D eigenvalue weighted by Crippen LogP contribution is -2.31. The molecule has 2 aromatic rings. The molecule has 1 fully saturated rings. The van der Waals surface area contributed by atoms with Crippen molar-refractivity contribution in [1.82, 2.24) is 25.0 Å². The SMILES string of the molecule is CCCCc1[nH]c(=O)c(-c2nnc(CN3C(=O)CN(C)C3=O)o2)c(O)c1C1=C(OC)C(C)CC=C1OC. The number of pyridine rings is 1. The number of carbonyl (C=O) groups is 2. The number of allylic oxidation sites excluding steroid dienone is 3. The predicted molar refractivity (Wildman–Crippen MR) is 132 cm³/mol. The summed E-state index contributed by atoms with van der Waals surface area (Å²) in [7, 11) is 4.60. The second kappa shape index (κ2) is 10.5. The molecule has 1 saturated heterocycles. The zero-order valence-corrected chi connectivity index (χ0v) is 21.6. The first-order valence-electron chi connectivity index (χ1n) is 12.1. The van der Waals surface area contributed by atoms with E-state index in [1.807, 2.05) is 19.9 Å². The molecule has 37 heavy (non-hydrogen) atoms. The molecular weight excluding hydrogens is 482 g/mol. The Morgan fingerprint density at radius 1 is 1.19 bits per heavy atom. The van der Waals surface area contributed by atoms with E-state index in [-0.39, 0.29) is 42.1 Å². The van der Waals surface area contributed by atoms with Gasteiger partial charge in [0.25, 0.3) is 17.4 Å². The molecule has 12 heteroatoms. The molecule has 12 nitrogen and oxygen atoms in total. The van der Waals surface area contributed by atoms with Gasteiger partial charge in [-0.25, -0.2) is 4.79 Å². The number of nitrogens with zero attached hydrogens (tertiary/aromatic N) is 4. The molecule has 2 aliphatic rings. The van der Waals surface area contributed by atoms with Crippen LogP contribution in [0.2, 0.25) is 0 Å². The predicted octanol–water partition coefficient (Wildman–Crippen LogP) is 2.79. The van der Waals surface area contributed by atoms with Crippen molar-refractivity contribution in [2.75, 3.05) is 27.8 Å². The van der Waals surface area contributed by atoms with E-state index < -0.39 is 17.5 Å². The van der Waals surface area contributed by atoms with Gasteiger partial charge in [0.15, 0.2) is 0 Å². The van der Waals surface area contributed by atoms with Crippen LogP contribution in [0, 0.1) is 5.92 Å². The molecule has 1 aliphatic carbocycles. The number of urea groups is 1. The summed E-state index contributed by atoms with van der Waals surface area (Å²) in [5, 5.41) is 19.4. The first-order valence-corrected chi connectivity index (χ1v) is 12.1. The molecule has 1 aliphatic heterocycles. The summed E-state index contributed by atoms with van der Waals surface area (Å²) in [5.74, 6) is 0.101. The highest BCUT2D eigenvalue weighted by Gasteiger charge is 2.36. The fourth-order valence-corrected chi connectivity index (χ4v) is 4.62. The first kappa shape index (κ1) is 26.0. The molecule has 0 saturated carbocycles. The maximum Gasteiger partial charge on any atom is 0.327 e. The van der Waals surface area contributed by atoms with Gasteiger partial charge in [-0.1, -0.05) is 20.3 Å². The average Bonchev–Trinajstić information content (AvgIpc) is 3.42. The minimum absolute atomic E-state index is 0.0105. The van der Waals surface area contributed by atoms with Gasteiger partial charge in [0.05, 0.1) is 25.4 Å². The number of methoxy groups -OCH3 is 2. The molecule has 0 bridgehead atoms. The lowest BCUT2D eigenvalue weighted by Gasteiger charge is -2.26. The number of aromatic nitrogens is 3. The van der Waals surface area contributed by atoms with Crippen LogP contribution in [-0.4, -0.2) is 69.8 Å². The first-order chi connectivity index (χ1) is 17.7. The average molecular weight is 514 g/mol. The van der Waals surface area contributed by atoms with Gasteiger partial charge in [0.1, 0.15) is 35.9 Å². The smallest absolute Gasteiger partial charge is 0.327 e. The van der Waals surface area contributed by atoms with Crippen LogP contribution < -0.4 is 5.56 Å². The normalized spacial score (nSPS) is 18.1. The quantitative estimate of drug-likeness (QED) is 0.482. The Labute approximate surface area is 213 Å². The van der Waals surface area contributed by atoms with Crippen molar-refractivity contribution in [3.8, 4) is 17.2 Å². The van der Waals surface area contributed by atoms with E-state index in [2.05, 4.69) is 15.2 Å². The summed E-state index contributed by atoms with van der Waals surface area (Å²) in [6.45, 7) is 3.73. The number of hydrogen-bond donors (Lipinski definition) is 2. The van der Waals surface area contributed by atoms with Gasteiger partial charge in [0.2, 0.25) is 5.89 Å². The van der Waals surface area contributed by atoms with Crippen LogP contribution >= 0.6 is 0 Å². The second-order valence-corrected chi connectivity index (χ2v) is 9.11. The molecule has 2 aromatic heterocycles. The number of aromatic hydroxyl groups is 1. The topological polar surface area (TPSA) is 151 Å². The number of carbonyl (C=O) groups excluding carboxylic acids is 2. The van der Waals surface area contributed by atoms with Gasteiger partial charge in [-0.15, -0.1) is 10.2 Å². The van der Waals surface area contributed by atoms with Crippen molar-refractivity contribution >= 4 is 17.5 Å². The number of aryl methyl sites for hydroxylation is 1. The number of nitrogens with one attached hydrogen (secondary N) is 1. The van der Waals surface area contributed by atoms with E-state index in [4.69, 9.17) is 13.9 Å². The molecular formula is C25H31N5O7. The van der Waals surface area contributed by atoms with Gasteiger partial charge in [0, 0.05) is 18.7 Å². The van der Waals surface area contributed by atoms with E-state index in [1.54, 1.807) is 7.11 Å². The largest absolute Gasteiger partial charge is 0.506 e. The Bertz CT molecular complexity index is 1340. The van der Waals surface area contributed by atoms with Crippen LogP contribution in [0.1, 0.15) is 50.3 Å². The number of hydrogen-bond acceptors (Lipinski definition) is 9. The van der Waals surface area contributed by atoms with Crippen molar-refractivity contribution < 1.29 is 28.6 Å². The van der Waals surface area contributed by atoms with Crippen LogP contribution in [-0.2, 0) is 27.2 Å². The van der Waals surface area contributed by atoms with Crippen molar-refractivity contribution in [2.45, 2.75) is 46.1 Å². The lowest BCUT2D eigenvalue weighted by atomic mass is 9.87. The highest BCUT2D eigenvalue weighted by Crippen LogP contribution is 2.43. The van der Waals surface area contributed by atoms with Crippen molar-refractivity contribution in [1.29, 1.82) is 0 Å². The molecule has 1 unspecified atom stereocenters. The second-order valence-electron chi connectivity index (χ2n) is 9.11. The fourth-order valence-electron chi connectivity index (χ4n) is 4.62. The number of imide groups is 1. The number of ether oxygens (including phenoxy) is 2. The highest BCUT2D eigenvalue weighted by molar-refractivity contribution is 6.01. The third-order valence-corrected chi connectivity index (χ3v) is 6.54. The van der Waals surface area contributed by atoms with Gasteiger partial charge >= 0.3 is 6.03 Å². The van der Waals surface area contributed by atoms with Crippen LogP contribution in [0.5, 0.6) is 5.75 Å². The third kappa shape index (κ3) is 4.70.